The van der Waals surface area contributed by atoms with E-state index in [4.69, 9.17) is 4.74 Å². The van der Waals surface area contributed by atoms with Crippen LogP contribution in [0.4, 0.5) is 0 Å². The van der Waals surface area contributed by atoms with E-state index in [9.17, 15) is 5.11 Å². The molecular formula is C15H23NO2. The maximum Gasteiger partial charge on any atom is 0.124 e. The van der Waals surface area contributed by atoms with Gasteiger partial charge in [0.1, 0.15) is 11.9 Å². The first kappa shape index (κ1) is 13.4. The third-order valence-corrected chi connectivity index (χ3v) is 3.74. The molecule has 3 unspecified atom stereocenters. The predicted octanol–water partition coefficient (Wildman–Crippen LogP) is 2.65. The van der Waals surface area contributed by atoms with Crippen LogP contribution in [0.25, 0.3) is 0 Å². The third kappa shape index (κ3) is 3.03. The zero-order chi connectivity index (χ0) is 13.0. The monoisotopic (exact) mass is 249 g/mol. The van der Waals surface area contributed by atoms with Gasteiger partial charge in [-0.1, -0.05) is 19.1 Å². The van der Waals surface area contributed by atoms with Gasteiger partial charge in [0, 0.05) is 6.04 Å². The van der Waals surface area contributed by atoms with Gasteiger partial charge in [0.2, 0.25) is 0 Å². The van der Waals surface area contributed by atoms with E-state index in [1.54, 1.807) is 0 Å². The molecule has 0 saturated heterocycles. The smallest absolute Gasteiger partial charge is 0.124 e. The Morgan fingerprint density at radius 3 is 2.56 bits per heavy atom. The van der Waals surface area contributed by atoms with Gasteiger partial charge in [-0.2, -0.15) is 0 Å². The minimum atomic E-state index is -0.301. The van der Waals surface area contributed by atoms with Crippen LogP contribution in [0, 0.1) is 0 Å². The Kier molecular flexibility index (Phi) is 4.61. The fourth-order valence-electron chi connectivity index (χ4n) is 2.60. The molecule has 0 spiro atoms. The van der Waals surface area contributed by atoms with Crippen molar-refractivity contribution in [1.29, 1.82) is 0 Å². The van der Waals surface area contributed by atoms with Crippen LogP contribution < -0.4 is 10.1 Å². The van der Waals surface area contributed by atoms with Crippen molar-refractivity contribution >= 4 is 0 Å². The first-order chi connectivity index (χ1) is 8.74. The van der Waals surface area contributed by atoms with E-state index in [0.717, 1.165) is 31.4 Å². The van der Waals surface area contributed by atoms with Crippen LogP contribution in [0.5, 0.6) is 5.75 Å². The summed E-state index contributed by atoms with van der Waals surface area (Å²) in [4.78, 5) is 0. The summed E-state index contributed by atoms with van der Waals surface area (Å²) in [5.74, 6) is 0.857. The largest absolute Gasteiger partial charge is 0.488 e. The fraction of sp³-hybridized carbons (Fsp3) is 0.600. The summed E-state index contributed by atoms with van der Waals surface area (Å²) in [6.07, 6.45) is 3.62. The molecule has 100 valence electrons. The predicted molar refractivity (Wildman–Crippen MR) is 72.8 cm³/mol. The second-order valence-corrected chi connectivity index (χ2v) is 4.97. The van der Waals surface area contributed by atoms with Crippen LogP contribution in [0.15, 0.2) is 24.3 Å². The maximum absolute atomic E-state index is 9.73. The number of benzene rings is 1. The van der Waals surface area contributed by atoms with E-state index < -0.39 is 0 Å². The van der Waals surface area contributed by atoms with E-state index in [1.165, 1.54) is 5.56 Å². The molecule has 1 aliphatic carbocycles. The van der Waals surface area contributed by atoms with Crippen molar-refractivity contribution in [3.63, 3.8) is 0 Å². The minimum Gasteiger partial charge on any atom is -0.488 e. The summed E-state index contributed by atoms with van der Waals surface area (Å²) in [5.41, 5.74) is 1.28. The molecule has 1 aromatic rings. The van der Waals surface area contributed by atoms with Gasteiger partial charge in [0.05, 0.1) is 6.10 Å². The van der Waals surface area contributed by atoms with Crippen molar-refractivity contribution in [2.45, 2.75) is 50.9 Å². The molecule has 0 radical (unpaired) electrons. The average Bonchev–Trinajstić information content (AvgIpc) is 2.79. The minimum absolute atomic E-state index is 0.0258. The number of rotatable bonds is 5. The lowest BCUT2D eigenvalue weighted by molar-refractivity contribution is 0.0604. The van der Waals surface area contributed by atoms with Gasteiger partial charge in [-0.15, -0.1) is 0 Å². The Hall–Kier alpha value is -1.06. The molecule has 3 atom stereocenters. The second-order valence-electron chi connectivity index (χ2n) is 4.97. The summed E-state index contributed by atoms with van der Waals surface area (Å²) >= 11 is 0. The van der Waals surface area contributed by atoms with Crippen molar-refractivity contribution in [2.75, 3.05) is 7.05 Å². The zero-order valence-electron chi connectivity index (χ0n) is 11.2. The van der Waals surface area contributed by atoms with Gasteiger partial charge in [-0.25, -0.2) is 0 Å². The molecule has 1 saturated carbocycles. The topological polar surface area (TPSA) is 41.5 Å². The highest BCUT2D eigenvalue weighted by Gasteiger charge is 2.26. The van der Waals surface area contributed by atoms with Crippen molar-refractivity contribution in [1.82, 2.24) is 5.32 Å². The Morgan fingerprint density at radius 2 is 2.06 bits per heavy atom. The summed E-state index contributed by atoms with van der Waals surface area (Å²) < 4.78 is 5.82. The molecule has 0 aromatic heterocycles. The lowest BCUT2D eigenvalue weighted by Gasteiger charge is -2.18. The molecule has 1 fully saturated rings. The van der Waals surface area contributed by atoms with Crippen LogP contribution in [0.1, 0.15) is 44.2 Å². The summed E-state index contributed by atoms with van der Waals surface area (Å²) in [5, 5.41) is 13.0. The molecular weight excluding hydrogens is 226 g/mol. The number of aliphatic hydroxyl groups excluding tert-OH is 1. The van der Waals surface area contributed by atoms with Gasteiger partial charge < -0.3 is 15.2 Å². The van der Waals surface area contributed by atoms with Gasteiger partial charge in [-0.05, 0) is 50.4 Å². The molecule has 0 heterocycles. The Bertz CT molecular complexity index is 359. The fourth-order valence-corrected chi connectivity index (χ4v) is 2.60. The molecule has 1 aromatic carbocycles. The number of ether oxygens (including phenoxy) is 1. The van der Waals surface area contributed by atoms with E-state index in [0.29, 0.717) is 6.04 Å². The van der Waals surface area contributed by atoms with Crippen molar-refractivity contribution in [2.24, 2.45) is 0 Å². The van der Waals surface area contributed by atoms with Gasteiger partial charge in [-0.3, -0.25) is 0 Å². The molecule has 0 amide bonds. The highest BCUT2D eigenvalue weighted by Crippen LogP contribution is 2.26. The van der Waals surface area contributed by atoms with Crippen LogP contribution >= 0.6 is 0 Å². The normalized spacial score (nSPS) is 25.1. The number of hydrogen-bond donors (Lipinski definition) is 2. The number of aliphatic hydroxyl groups is 1. The summed E-state index contributed by atoms with van der Waals surface area (Å²) in [6.45, 7) is 2.17. The average molecular weight is 249 g/mol. The molecule has 0 aliphatic heterocycles. The Labute approximate surface area is 109 Å². The molecule has 3 heteroatoms. The van der Waals surface area contributed by atoms with E-state index in [-0.39, 0.29) is 12.2 Å². The van der Waals surface area contributed by atoms with E-state index in [2.05, 4.69) is 24.4 Å². The van der Waals surface area contributed by atoms with Gasteiger partial charge >= 0.3 is 0 Å². The lowest BCUT2D eigenvalue weighted by Crippen LogP contribution is -2.25. The zero-order valence-corrected chi connectivity index (χ0v) is 11.2. The number of nitrogens with one attached hydrogen (secondary N) is 1. The number of hydrogen-bond acceptors (Lipinski definition) is 3. The third-order valence-electron chi connectivity index (χ3n) is 3.74. The summed E-state index contributed by atoms with van der Waals surface area (Å²) in [6, 6.07) is 8.60. The van der Waals surface area contributed by atoms with Crippen molar-refractivity contribution in [3.05, 3.63) is 29.8 Å². The lowest BCUT2D eigenvalue weighted by atomic mass is 10.0. The standard InChI is InChI=1S/C15H23NO2/c1-3-13(16-2)11-7-9-12(10-8-11)18-15-6-4-5-14(15)17/h7-10,13-17H,3-6H2,1-2H3. The first-order valence-electron chi connectivity index (χ1n) is 6.86. The molecule has 1 aliphatic rings. The van der Waals surface area contributed by atoms with Gasteiger partial charge in [0.25, 0.3) is 0 Å². The molecule has 2 N–H and O–H groups in total. The van der Waals surface area contributed by atoms with Crippen LogP contribution in [-0.4, -0.2) is 24.4 Å². The Morgan fingerprint density at radius 1 is 1.33 bits per heavy atom. The van der Waals surface area contributed by atoms with Crippen molar-refractivity contribution in [3.8, 4) is 5.75 Å². The second kappa shape index (κ2) is 6.21. The quantitative estimate of drug-likeness (QED) is 0.843. The first-order valence-corrected chi connectivity index (χ1v) is 6.86. The van der Waals surface area contributed by atoms with Crippen LogP contribution in [0.2, 0.25) is 0 Å². The highest BCUT2D eigenvalue weighted by molar-refractivity contribution is 5.29. The summed E-state index contributed by atoms with van der Waals surface area (Å²) in [7, 11) is 1.98. The van der Waals surface area contributed by atoms with E-state index in [1.807, 2.05) is 19.2 Å². The van der Waals surface area contributed by atoms with Crippen LogP contribution in [-0.2, 0) is 0 Å². The Balaban J connectivity index is 1.99. The van der Waals surface area contributed by atoms with Gasteiger partial charge in [0.15, 0.2) is 0 Å². The molecule has 2 rings (SSSR count). The van der Waals surface area contributed by atoms with Crippen LogP contribution in [0.3, 0.4) is 0 Å². The van der Waals surface area contributed by atoms with Crippen molar-refractivity contribution < 1.29 is 9.84 Å². The molecule has 18 heavy (non-hydrogen) atoms. The van der Waals surface area contributed by atoms with E-state index >= 15 is 0 Å². The SMILES string of the molecule is CCC(NC)c1ccc(OC2CCCC2O)cc1. The molecule has 0 bridgehead atoms. The molecule has 3 nitrogen and oxygen atoms in total. The maximum atomic E-state index is 9.73. The highest BCUT2D eigenvalue weighted by atomic mass is 16.5.